The van der Waals surface area contributed by atoms with Crippen LogP contribution in [0.25, 0.3) is 0 Å². The average Bonchev–Trinajstić information content (AvgIpc) is 2.78. The van der Waals surface area contributed by atoms with Gasteiger partial charge in [0.15, 0.2) is 0 Å². The van der Waals surface area contributed by atoms with Crippen molar-refractivity contribution in [2.24, 2.45) is 17.1 Å². The molecule has 0 aromatic rings. The van der Waals surface area contributed by atoms with E-state index in [2.05, 4.69) is 18.7 Å². The zero-order valence-corrected chi connectivity index (χ0v) is 11.8. The first-order chi connectivity index (χ1) is 8.12. The highest BCUT2D eigenvalue weighted by molar-refractivity contribution is 4.89. The molecule has 0 spiro atoms. The summed E-state index contributed by atoms with van der Waals surface area (Å²) in [7, 11) is 0. The van der Waals surface area contributed by atoms with Gasteiger partial charge in [-0.2, -0.15) is 0 Å². The fourth-order valence-corrected chi connectivity index (χ4v) is 3.70. The molecule has 0 aromatic carbocycles. The third-order valence-corrected chi connectivity index (χ3v) is 4.96. The topological polar surface area (TPSA) is 29.3 Å². The van der Waals surface area contributed by atoms with E-state index in [9.17, 15) is 0 Å². The minimum absolute atomic E-state index is 0.338. The summed E-state index contributed by atoms with van der Waals surface area (Å²) < 4.78 is 0. The van der Waals surface area contributed by atoms with E-state index in [1.165, 1.54) is 58.0 Å². The molecular weight excluding hydrogens is 208 g/mol. The normalized spacial score (nSPS) is 30.5. The molecule has 2 unspecified atom stereocenters. The Labute approximate surface area is 107 Å². The van der Waals surface area contributed by atoms with E-state index in [0.717, 1.165) is 18.5 Å². The molecule has 1 saturated carbocycles. The van der Waals surface area contributed by atoms with Crippen molar-refractivity contribution < 1.29 is 0 Å². The molecule has 2 atom stereocenters. The van der Waals surface area contributed by atoms with Gasteiger partial charge in [-0.3, -0.25) is 0 Å². The zero-order valence-electron chi connectivity index (χ0n) is 11.8. The largest absolute Gasteiger partial charge is 0.330 e. The first-order valence-electron chi connectivity index (χ1n) is 7.56. The summed E-state index contributed by atoms with van der Waals surface area (Å²) in [5.74, 6) is 1.03. The van der Waals surface area contributed by atoms with Crippen LogP contribution in [-0.2, 0) is 0 Å². The van der Waals surface area contributed by atoms with Gasteiger partial charge in [-0.25, -0.2) is 0 Å². The van der Waals surface area contributed by atoms with Crippen LogP contribution in [0.4, 0.5) is 0 Å². The maximum absolute atomic E-state index is 5.80. The number of hydrogen-bond acceptors (Lipinski definition) is 2. The number of hydrogen-bond donors (Lipinski definition) is 1. The van der Waals surface area contributed by atoms with E-state index in [0.29, 0.717) is 5.41 Å². The molecule has 1 aliphatic carbocycles. The Bertz CT molecular complexity index is 237. The molecular formula is C15H30N2. The molecule has 2 fully saturated rings. The third-order valence-electron chi connectivity index (χ3n) is 4.96. The van der Waals surface area contributed by atoms with E-state index in [-0.39, 0.29) is 0 Å². The first kappa shape index (κ1) is 13.4. The highest BCUT2D eigenvalue weighted by atomic mass is 15.2. The Kier molecular flexibility index (Phi) is 4.48. The van der Waals surface area contributed by atoms with E-state index in [4.69, 9.17) is 5.73 Å². The predicted molar refractivity (Wildman–Crippen MR) is 74.0 cm³/mol. The summed E-state index contributed by atoms with van der Waals surface area (Å²) in [5, 5.41) is 0. The van der Waals surface area contributed by atoms with Gasteiger partial charge in [0, 0.05) is 6.04 Å². The lowest BCUT2D eigenvalue weighted by atomic mass is 9.87. The lowest BCUT2D eigenvalue weighted by molar-refractivity contribution is 0.107. The maximum atomic E-state index is 5.80. The Morgan fingerprint density at radius 3 is 2.71 bits per heavy atom. The SMILES string of the molecule is CC(C)(CN)CCCN1CCCC2CCCC21. The minimum Gasteiger partial charge on any atom is -0.330 e. The molecule has 2 aliphatic rings. The van der Waals surface area contributed by atoms with Gasteiger partial charge in [-0.1, -0.05) is 20.3 Å². The first-order valence-corrected chi connectivity index (χ1v) is 7.56. The number of likely N-dealkylation sites (tertiary alicyclic amines) is 1. The summed E-state index contributed by atoms with van der Waals surface area (Å²) in [6, 6.07) is 0.935. The molecule has 2 rings (SSSR count). The summed E-state index contributed by atoms with van der Waals surface area (Å²) >= 11 is 0. The van der Waals surface area contributed by atoms with Crippen LogP contribution in [-0.4, -0.2) is 30.6 Å². The van der Waals surface area contributed by atoms with E-state index < -0.39 is 0 Å². The van der Waals surface area contributed by atoms with Crippen LogP contribution in [0.15, 0.2) is 0 Å². The molecule has 100 valence electrons. The van der Waals surface area contributed by atoms with Gasteiger partial charge in [0.1, 0.15) is 0 Å². The van der Waals surface area contributed by atoms with Crippen molar-refractivity contribution >= 4 is 0 Å². The number of nitrogens with zero attached hydrogens (tertiary/aromatic N) is 1. The number of fused-ring (bicyclic) bond motifs is 1. The molecule has 0 bridgehead atoms. The van der Waals surface area contributed by atoms with Gasteiger partial charge < -0.3 is 10.6 Å². The fourth-order valence-electron chi connectivity index (χ4n) is 3.70. The van der Waals surface area contributed by atoms with Crippen molar-refractivity contribution in [3.63, 3.8) is 0 Å². The quantitative estimate of drug-likeness (QED) is 0.798. The summed E-state index contributed by atoms with van der Waals surface area (Å²) in [6.45, 7) is 8.07. The standard InChI is InChI=1S/C15H30N2/c1-15(2,12-16)9-5-11-17-10-4-7-13-6-3-8-14(13)17/h13-14H,3-12,16H2,1-2H3. The van der Waals surface area contributed by atoms with Crippen molar-refractivity contribution in [3.8, 4) is 0 Å². The summed E-state index contributed by atoms with van der Waals surface area (Å²) in [6.07, 6.45) is 9.96. The molecule has 2 N–H and O–H groups in total. The van der Waals surface area contributed by atoms with Gasteiger partial charge in [-0.15, -0.1) is 0 Å². The van der Waals surface area contributed by atoms with Crippen molar-refractivity contribution in [1.29, 1.82) is 0 Å². The van der Waals surface area contributed by atoms with Gasteiger partial charge in [0.05, 0.1) is 0 Å². The van der Waals surface area contributed by atoms with Crippen LogP contribution in [0, 0.1) is 11.3 Å². The van der Waals surface area contributed by atoms with Gasteiger partial charge >= 0.3 is 0 Å². The average molecular weight is 238 g/mol. The zero-order chi connectivity index (χ0) is 12.3. The summed E-state index contributed by atoms with van der Waals surface area (Å²) in [4.78, 5) is 2.79. The highest BCUT2D eigenvalue weighted by Gasteiger charge is 2.34. The Hall–Kier alpha value is -0.0800. The monoisotopic (exact) mass is 238 g/mol. The molecule has 0 amide bonds. The third kappa shape index (κ3) is 3.45. The van der Waals surface area contributed by atoms with Crippen molar-refractivity contribution in [1.82, 2.24) is 4.90 Å². The lowest BCUT2D eigenvalue weighted by Crippen LogP contribution is -2.43. The van der Waals surface area contributed by atoms with Crippen LogP contribution >= 0.6 is 0 Å². The van der Waals surface area contributed by atoms with Gasteiger partial charge in [-0.05, 0) is 69.5 Å². The minimum atomic E-state index is 0.338. The van der Waals surface area contributed by atoms with Crippen LogP contribution in [0.3, 0.4) is 0 Å². The number of nitrogens with two attached hydrogens (primary N) is 1. The van der Waals surface area contributed by atoms with Crippen LogP contribution in [0.5, 0.6) is 0 Å². The second kappa shape index (κ2) is 5.71. The molecule has 2 nitrogen and oxygen atoms in total. The van der Waals surface area contributed by atoms with Crippen LogP contribution in [0.2, 0.25) is 0 Å². The molecule has 2 heteroatoms. The smallest absolute Gasteiger partial charge is 0.0123 e. The van der Waals surface area contributed by atoms with E-state index >= 15 is 0 Å². The molecule has 1 aliphatic heterocycles. The van der Waals surface area contributed by atoms with E-state index in [1.807, 2.05) is 0 Å². The second-order valence-electron chi connectivity index (χ2n) is 6.91. The number of rotatable bonds is 5. The summed E-state index contributed by atoms with van der Waals surface area (Å²) in [5.41, 5.74) is 6.14. The fraction of sp³-hybridized carbons (Fsp3) is 1.00. The molecule has 0 radical (unpaired) electrons. The predicted octanol–water partition coefficient (Wildman–Crippen LogP) is 3.02. The van der Waals surface area contributed by atoms with Crippen molar-refractivity contribution in [2.75, 3.05) is 19.6 Å². The van der Waals surface area contributed by atoms with Gasteiger partial charge in [0.2, 0.25) is 0 Å². The Morgan fingerprint density at radius 1 is 1.18 bits per heavy atom. The molecule has 17 heavy (non-hydrogen) atoms. The Morgan fingerprint density at radius 2 is 1.94 bits per heavy atom. The van der Waals surface area contributed by atoms with E-state index in [1.54, 1.807) is 0 Å². The second-order valence-corrected chi connectivity index (χ2v) is 6.91. The van der Waals surface area contributed by atoms with Crippen LogP contribution in [0.1, 0.15) is 58.8 Å². The molecule has 0 aromatic heterocycles. The van der Waals surface area contributed by atoms with Gasteiger partial charge in [0.25, 0.3) is 0 Å². The van der Waals surface area contributed by atoms with Crippen molar-refractivity contribution in [3.05, 3.63) is 0 Å². The molecule has 1 saturated heterocycles. The van der Waals surface area contributed by atoms with Crippen molar-refractivity contribution in [2.45, 2.75) is 64.8 Å². The highest BCUT2D eigenvalue weighted by Crippen LogP contribution is 2.37. The van der Waals surface area contributed by atoms with Crippen LogP contribution < -0.4 is 5.73 Å². The number of piperidine rings is 1. The Balaban J connectivity index is 1.75. The maximum Gasteiger partial charge on any atom is 0.0123 e. The lowest BCUT2D eigenvalue weighted by Gasteiger charge is -2.38. The molecule has 1 heterocycles.